The average Bonchev–Trinajstić information content (AvgIpc) is 2.77. The molecule has 2 aliphatic heterocycles. The molecule has 1 amide bonds. The lowest BCUT2D eigenvalue weighted by Crippen LogP contribution is -2.51. The molecule has 29 heavy (non-hydrogen) atoms. The van der Waals surface area contributed by atoms with E-state index in [-0.39, 0.29) is 18.3 Å². The van der Waals surface area contributed by atoms with Crippen LogP contribution in [0.15, 0.2) is 53.5 Å². The van der Waals surface area contributed by atoms with E-state index in [1.165, 1.54) is 17.7 Å². The molecule has 6 nitrogen and oxygen atoms in total. The summed E-state index contributed by atoms with van der Waals surface area (Å²) in [6.07, 6.45) is 1.97. The van der Waals surface area contributed by atoms with Crippen LogP contribution in [0.3, 0.4) is 0 Å². The monoisotopic (exact) mass is 395 g/mol. The highest BCUT2D eigenvalue weighted by molar-refractivity contribution is 5.97. The summed E-state index contributed by atoms with van der Waals surface area (Å²) in [6, 6.07) is 14.6. The van der Waals surface area contributed by atoms with Gasteiger partial charge in [-0.3, -0.25) is 4.79 Å². The first kappa shape index (κ1) is 19.2. The van der Waals surface area contributed by atoms with E-state index >= 15 is 0 Å². The van der Waals surface area contributed by atoms with E-state index in [0.717, 1.165) is 43.9 Å². The summed E-state index contributed by atoms with van der Waals surface area (Å²) in [5.74, 6) is 0.150. The molecule has 0 bridgehead atoms. The summed E-state index contributed by atoms with van der Waals surface area (Å²) in [6.45, 7) is 3.76. The Morgan fingerprint density at radius 1 is 1.00 bits per heavy atom. The van der Waals surface area contributed by atoms with Crippen LogP contribution in [0.4, 0.5) is 15.8 Å². The Bertz CT molecular complexity index is 890. The van der Waals surface area contributed by atoms with Gasteiger partial charge in [-0.25, -0.2) is 9.38 Å². The number of piperazine rings is 1. The van der Waals surface area contributed by atoms with Gasteiger partial charge in [-0.2, -0.15) is 0 Å². The highest BCUT2D eigenvalue weighted by atomic mass is 19.1. The van der Waals surface area contributed by atoms with Gasteiger partial charge < -0.3 is 20.4 Å². The van der Waals surface area contributed by atoms with Crippen molar-refractivity contribution in [1.82, 2.24) is 4.90 Å². The molecule has 4 rings (SSSR count). The quantitative estimate of drug-likeness (QED) is 0.640. The summed E-state index contributed by atoms with van der Waals surface area (Å²) in [5.41, 5.74) is 9.36. The van der Waals surface area contributed by atoms with Gasteiger partial charge in [0.1, 0.15) is 12.4 Å². The number of hydrogen-bond donors (Lipinski definition) is 1. The molecule has 2 N–H and O–H groups in total. The molecule has 0 unspecified atom stereocenters. The third kappa shape index (κ3) is 4.34. The number of nitrogens with zero attached hydrogens (tertiary/aromatic N) is 4. The predicted octanol–water partition coefficient (Wildman–Crippen LogP) is 2.24. The topological polar surface area (TPSA) is 65.2 Å². The average molecular weight is 395 g/mol. The minimum absolute atomic E-state index is 0.0231. The fraction of sp³-hybridized carbons (Fsp3) is 0.364. The molecular weight excluding hydrogens is 369 g/mol. The molecule has 2 aliphatic rings. The number of rotatable bonds is 3. The summed E-state index contributed by atoms with van der Waals surface area (Å²) in [7, 11) is 0. The molecule has 2 aromatic carbocycles. The van der Waals surface area contributed by atoms with E-state index < -0.39 is 0 Å². The van der Waals surface area contributed by atoms with E-state index in [9.17, 15) is 9.18 Å². The fourth-order valence-electron chi connectivity index (χ4n) is 3.97. The number of hydrogen-bond acceptors (Lipinski definition) is 3. The minimum Gasteiger partial charge on any atom is -0.370 e. The van der Waals surface area contributed by atoms with Crippen LogP contribution < -0.4 is 15.5 Å². The zero-order chi connectivity index (χ0) is 20.2. The van der Waals surface area contributed by atoms with Crippen LogP contribution in [0.1, 0.15) is 12.0 Å². The van der Waals surface area contributed by atoms with Gasteiger partial charge in [-0.05, 0) is 48.7 Å². The number of amides is 1. The molecule has 2 aromatic rings. The number of carbonyl (C=O) groups excluding carboxylic acids is 1. The second-order valence-corrected chi connectivity index (χ2v) is 7.40. The number of para-hydroxylation sites is 1. The lowest BCUT2D eigenvalue weighted by Gasteiger charge is -2.36. The highest BCUT2D eigenvalue weighted by Gasteiger charge is 2.23. The molecule has 0 aromatic heterocycles. The third-order valence-electron chi connectivity index (χ3n) is 5.58. The van der Waals surface area contributed by atoms with Crippen LogP contribution in [-0.4, -0.2) is 56.0 Å². The van der Waals surface area contributed by atoms with Crippen LogP contribution in [0, 0.1) is 5.82 Å². The van der Waals surface area contributed by atoms with Crippen molar-refractivity contribution in [3.8, 4) is 0 Å². The number of aryl methyl sites for hydroxylation is 1. The number of guanidine groups is 1. The molecule has 0 radical (unpaired) electrons. The van der Waals surface area contributed by atoms with Gasteiger partial charge in [-0.15, -0.1) is 0 Å². The fourth-order valence-corrected chi connectivity index (χ4v) is 3.97. The number of nitrogens with two attached hydrogens (primary N) is 1. The number of aliphatic imine (C=N–C) groups is 1. The van der Waals surface area contributed by atoms with Crippen LogP contribution in [0.2, 0.25) is 0 Å². The molecular formula is C22H26FN5O. The number of carbonyl (C=O) groups is 1. The maximum atomic E-state index is 13.1. The molecule has 2 heterocycles. The Labute approximate surface area is 170 Å². The first-order valence-corrected chi connectivity index (χ1v) is 10.1. The van der Waals surface area contributed by atoms with Gasteiger partial charge in [0.2, 0.25) is 5.91 Å². The maximum Gasteiger partial charge on any atom is 0.248 e. The van der Waals surface area contributed by atoms with E-state index in [1.54, 1.807) is 12.1 Å². The smallest absolute Gasteiger partial charge is 0.248 e. The second kappa shape index (κ2) is 8.51. The van der Waals surface area contributed by atoms with Crippen molar-refractivity contribution in [2.24, 2.45) is 10.7 Å². The van der Waals surface area contributed by atoms with Crippen molar-refractivity contribution in [2.75, 3.05) is 49.1 Å². The zero-order valence-corrected chi connectivity index (χ0v) is 16.4. The van der Waals surface area contributed by atoms with Gasteiger partial charge in [0, 0.05) is 44.1 Å². The highest BCUT2D eigenvalue weighted by Crippen LogP contribution is 2.26. The van der Waals surface area contributed by atoms with Crippen molar-refractivity contribution < 1.29 is 9.18 Å². The van der Waals surface area contributed by atoms with Crippen molar-refractivity contribution in [3.63, 3.8) is 0 Å². The Kier molecular flexibility index (Phi) is 5.64. The molecule has 1 saturated heterocycles. The van der Waals surface area contributed by atoms with Gasteiger partial charge in [0.05, 0.1) is 0 Å². The van der Waals surface area contributed by atoms with Gasteiger partial charge in [0.25, 0.3) is 0 Å². The molecule has 0 spiro atoms. The number of halogens is 1. The minimum atomic E-state index is -0.232. The zero-order valence-electron chi connectivity index (χ0n) is 16.4. The van der Waals surface area contributed by atoms with E-state index in [0.29, 0.717) is 19.0 Å². The van der Waals surface area contributed by atoms with Crippen molar-refractivity contribution in [3.05, 3.63) is 59.9 Å². The second-order valence-electron chi connectivity index (χ2n) is 7.40. The number of benzene rings is 2. The standard InChI is InChI=1S/C22H26FN5O/c23-18-7-9-19(10-8-18)26-12-14-27(15-13-26)22(24)25-16-21(29)28-11-3-5-17-4-1-2-6-20(17)28/h1-2,4,6-10H,3,5,11-16H2,(H2,24,25). The predicted molar refractivity (Wildman–Crippen MR) is 114 cm³/mol. The summed E-state index contributed by atoms with van der Waals surface area (Å²) >= 11 is 0. The van der Waals surface area contributed by atoms with E-state index in [2.05, 4.69) is 16.0 Å². The van der Waals surface area contributed by atoms with Crippen LogP contribution in [0.25, 0.3) is 0 Å². The van der Waals surface area contributed by atoms with E-state index in [1.807, 2.05) is 28.0 Å². The van der Waals surface area contributed by atoms with Gasteiger partial charge >= 0.3 is 0 Å². The number of anilines is 2. The summed E-state index contributed by atoms with van der Waals surface area (Å²) in [5, 5.41) is 0. The lowest BCUT2D eigenvalue weighted by atomic mass is 10.0. The largest absolute Gasteiger partial charge is 0.370 e. The lowest BCUT2D eigenvalue weighted by molar-refractivity contribution is -0.117. The molecule has 152 valence electrons. The molecule has 0 aliphatic carbocycles. The van der Waals surface area contributed by atoms with Crippen LogP contribution in [0.5, 0.6) is 0 Å². The normalized spacial score (nSPS) is 17.3. The Balaban J connectivity index is 1.33. The molecule has 7 heteroatoms. The van der Waals surface area contributed by atoms with Gasteiger partial charge in [0.15, 0.2) is 5.96 Å². The Morgan fingerprint density at radius 2 is 1.72 bits per heavy atom. The molecule has 0 atom stereocenters. The SMILES string of the molecule is NC(=NCC(=O)N1CCCc2ccccc21)N1CCN(c2ccc(F)cc2)CC1. The summed E-state index contributed by atoms with van der Waals surface area (Å²) < 4.78 is 13.1. The van der Waals surface area contributed by atoms with Crippen molar-refractivity contribution in [1.29, 1.82) is 0 Å². The first-order chi connectivity index (χ1) is 14.1. The van der Waals surface area contributed by atoms with Crippen LogP contribution >= 0.6 is 0 Å². The van der Waals surface area contributed by atoms with Crippen molar-refractivity contribution in [2.45, 2.75) is 12.8 Å². The first-order valence-electron chi connectivity index (χ1n) is 10.1. The van der Waals surface area contributed by atoms with Gasteiger partial charge in [-0.1, -0.05) is 18.2 Å². The third-order valence-corrected chi connectivity index (χ3v) is 5.58. The van der Waals surface area contributed by atoms with Crippen LogP contribution in [-0.2, 0) is 11.2 Å². The maximum absolute atomic E-state index is 13.1. The number of fused-ring (bicyclic) bond motifs is 1. The Hall–Kier alpha value is -3.09. The van der Waals surface area contributed by atoms with E-state index in [4.69, 9.17) is 5.73 Å². The summed E-state index contributed by atoms with van der Waals surface area (Å²) in [4.78, 5) is 23.1. The Morgan fingerprint density at radius 3 is 2.48 bits per heavy atom. The molecule has 1 fully saturated rings. The molecule has 0 saturated carbocycles. The van der Waals surface area contributed by atoms with Crippen molar-refractivity contribution >= 4 is 23.2 Å².